The minimum Gasteiger partial charge on any atom is -0.497 e. The molecule has 0 bridgehead atoms. The van der Waals surface area contributed by atoms with Crippen LogP contribution in [0, 0.1) is 5.92 Å². The summed E-state index contributed by atoms with van der Waals surface area (Å²) in [6.07, 6.45) is 1.27. The fraction of sp³-hybridized carbons (Fsp3) is 0.471. The van der Waals surface area contributed by atoms with Crippen LogP contribution in [-0.2, 0) is 15.0 Å². The Hall–Kier alpha value is -2.08. The fourth-order valence-corrected chi connectivity index (χ4v) is 4.87. The standard InChI is InChI=1S/C17H23N5O4S2/c1-21(2)28(24,25)22-10-4-5-13(11-22)15(23)18-17-20-19-16(27-17)12-6-8-14(26-3)9-7-12/h6-9,13H,4-5,10-11H2,1-3H3,(H,18,20,23)/t13-/m1/s1. The summed E-state index contributed by atoms with van der Waals surface area (Å²) < 4.78 is 32.3. The van der Waals surface area contributed by atoms with Crippen LogP contribution in [0.15, 0.2) is 24.3 Å². The molecule has 0 radical (unpaired) electrons. The van der Waals surface area contributed by atoms with Crippen LogP contribution in [0.4, 0.5) is 5.13 Å². The van der Waals surface area contributed by atoms with E-state index in [1.54, 1.807) is 7.11 Å². The average Bonchev–Trinajstić information content (AvgIpc) is 3.16. The maximum atomic E-state index is 12.6. The summed E-state index contributed by atoms with van der Waals surface area (Å²) in [5.74, 6) is 0.0872. The first-order chi connectivity index (χ1) is 13.3. The van der Waals surface area contributed by atoms with Gasteiger partial charge in [-0.15, -0.1) is 10.2 Å². The summed E-state index contributed by atoms with van der Waals surface area (Å²) in [6.45, 7) is 0.585. The lowest BCUT2D eigenvalue weighted by Gasteiger charge is -2.32. The predicted molar refractivity (Wildman–Crippen MR) is 107 cm³/mol. The van der Waals surface area contributed by atoms with Gasteiger partial charge in [0, 0.05) is 32.7 Å². The Bertz CT molecular complexity index is 927. The molecule has 2 aromatic rings. The molecule has 0 spiro atoms. The van der Waals surface area contributed by atoms with Gasteiger partial charge >= 0.3 is 0 Å². The van der Waals surface area contributed by atoms with Crippen LogP contribution in [0.3, 0.4) is 0 Å². The third-order valence-electron chi connectivity index (χ3n) is 4.53. The van der Waals surface area contributed by atoms with Gasteiger partial charge in [0.05, 0.1) is 13.0 Å². The molecule has 0 unspecified atom stereocenters. The summed E-state index contributed by atoms with van der Waals surface area (Å²) in [5.41, 5.74) is 0.875. The highest BCUT2D eigenvalue weighted by molar-refractivity contribution is 7.86. The van der Waals surface area contributed by atoms with E-state index >= 15 is 0 Å². The highest BCUT2D eigenvalue weighted by Gasteiger charge is 2.33. The normalized spacial score (nSPS) is 18.2. The maximum absolute atomic E-state index is 12.6. The van der Waals surface area contributed by atoms with Crippen LogP contribution in [0.25, 0.3) is 10.6 Å². The van der Waals surface area contributed by atoms with Crippen molar-refractivity contribution in [1.29, 1.82) is 0 Å². The molecule has 1 amide bonds. The first-order valence-corrected chi connectivity index (χ1v) is 11.0. The molecule has 28 heavy (non-hydrogen) atoms. The number of carbonyl (C=O) groups is 1. The van der Waals surface area contributed by atoms with E-state index in [1.807, 2.05) is 24.3 Å². The van der Waals surface area contributed by atoms with Crippen molar-refractivity contribution in [1.82, 2.24) is 18.8 Å². The van der Waals surface area contributed by atoms with Gasteiger partial charge in [-0.2, -0.15) is 17.0 Å². The highest BCUT2D eigenvalue weighted by atomic mass is 32.2. The molecule has 152 valence electrons. The molecular formula is C17H23N5O4S2. The number of nitrogens with zero attached hydrogens (tertiary/aromatic N) is 4. The Balaban J connectivity index is 1.65. The minimum absolute atomic E-state index is 0.163. The van der Waals surface area contributed by atoms with Gasteiger partial charge in [-0.25, -0.2) is 0 Å². The molecule has 11 heteroatoms. The summed E-state index contributed by atoms with van der Waals surface area (Å²) in [4.78, 5) is 12.6. The number of anilines is 1. The van der Waals surface area contributed by atoms with Gasteiger partial charge in [-0.05, 0) is 37.1 Å². The van der Waals surface area contributed by atoms with Crippen LogP contribution in [-0.4, -0.2) is 67.4 Å². The molecular weight excluding hydrogens is 402 g/mol. The number of aromatic nitrogens is 2. The van der Waals surface area contributed by atoms with Crippen molar-refractivity contribution in [2.75, 3.05) is 39.6 Å². The third-order valence-corrected chi connectivity index (χ3v) is 7.33. The number of hydrogen-bond donors (Lipinski definition) is 1. The smallest absolute Gasteiger partial charge is 0.281 e. The molecule has 2 heterocycles. The summed E-state index contributed by atoms with van der Waals surface area (Å²) >= 11 is 1.27. The van der Waals surface area contributed by atoms with Crippen molar-refractivity contribution in [3.05, 3.63) is 24.3 Å². The maximum Gasteiger partial charge on any atom is 0.281 e. The summed E-state index contributed by atoms with van der Waals surface area (Å²) in [5, 5.41) is 12.0. The van der Waals surface area contributed by atoms with Crippen LogP contribution in [0.5, 0.6) is 5.75 Å². The first kappa shape index (κ1) is 20.6. The summed E-state index contributed by atoms with van der Waals surface area (Å²) in [7, 11) is 1.05. The van der Waals surface area contributed by atoms with Crippen LogP contribution < -0.4 is 10.1 Å². The number of ether oxygens (including phenoxy) is 1. The minimum atomic E-state index is -3.53. The number of benzene rings is 1. The lowest BCUT2D eigenvalue weighted by Crippen LogP contribution is -2.47. The SMILES string of the molecule is COc1ccc(-c2nnc(NC(=O)[C@@H]3CCCN(S(=O)(=O)N(C)C)C3)s2)cc1. The quantitative estimate of drug-likeness (QED) is 0.755. The first-order valence-electron chi connectivity index (χ1n) is 8.77. The fourth-order valence-electron chi connectivity index (χ4n) is 2.93. The zero-order chi connectivity index (χ0) is 20.3. The third kappa shape index (κ3) is 4.49. The van der Waals surface area contributed by atoms with Gasteiger partial charge in [0.25, 0.3) is 10.2 Å². The lowest BCUT2D eigenvalue weighted by atomic mass is 9.99. The molecule has 3 rings (SSSR count). The largest absolute Gasteiger partial charge is 0.497 e. The predicted octanol–water partition coefficient (Wildman–Crippen LogP) is 1.67. The molecule has 1 aromatic carbocycles. The second-order valence-corrected chi connectivity index (χ2v) is 9.74. The van der Waals surface area contributed by atoms with Crippen LogP contribution >= 0.6 is 11.3 Å². The molecule has 9 nitrogen and oxygen atoms in total. The van der Waals surface area contributed by atoms with E-state index in [4.69, 9.17) is 4.74 Å². The van der Waals surface area contributed by atoms with Gasteiger partial charge < -0.3 is 10.1 Å². The Morgan fingerprint density at radius 1 is 1.29 bits per heavy atom. The number of piperidine rings is 1. The average molecular weight is 426 g/mol. The molecule has 0 aliphatic carbocycles. The number of methoxy groups -OCH3 is 1. The topological polar surface area (TPSA) is 105 Å². The van der Waals surface area contributed by atoms with Gasteiger partial charge in [0.15, 0.2) is 0 Å². The Labute approximate surface area is 168 Å². The van der Waals surface area contributed by atoms with E-state index in [0.717, 1.165) is 11.3 Å². The van der Waals surface area contributed by atoms with E-state index in [-0.39, 0.29) is 12.5 Å². The molecule has 1 aliphatic heterocycles. The Kier molecular flexibility index (Phi) is 6.28. The van der Waals surface area contributed by atoms with E-state index < -0.39 is 16.1 Å². The molecule has 1 aromatic heterocycles. The van der Waals surface area contributed by atoms with Crippen molar-refractivity contribution >= 4 is 32.6 Å². The Morgan fingerprint density at radius 2 is 2.00 bits per heavy atom. The monoisotopic (exact) mass is 425 g/mol. The van der Waals surface area contributed by atoms with Gasteiger partial charge in [0.1, 0.15) is 10.8 Å². The molecule has 1 atom stereocenters. The van der Waals surface area contributed by atoms with E-state index in [1.165, 1.54) is 34.0 Å². The molecule has 1 fully saturated rings. The van der Waals surface area contributed by atoms with Crippen LogP contribution in [0.2, 0.25) is 0 Å². The van der Waals surface area contributed by atoms with E-state index in [2.05, 4.69) is 15.5 Å². The Morgan fingerprint density at radius 3 is 2.64 bits per heavy atom. The number of hydrogen-bond acceptors (Lipinski definition) is 7. The van der Waals surface area contributed by atoms with Crippen molar-refractivity contribution < 1.29 is 17.9 Å². The number of nitrogens with one attached hydrogen (secondary N) is 1. The van der Waals surface area contributed by atoms with Crippen molar-refractivity contribution in [2.24, 2.45) is 5.92 Å². The molecule has 1 aliphatic rings. The summed E-state index contributed by atoms with van der Waals surface area (Å²) in [6, 6.07) is 7.40. The molecule has 1 N–H and O–H groups in total. The van der Waals surface area contributed by atoms with Gasteiger partial charge in [-0.1, -0.05) is 11.3 Å². The number of carbonyl (C=O) groups excluding carboxylic acids is 1. The lowest BCUT2D eigenvalue weighted by molar-refractivity contribution is -0.120. The zero-order valence-corrected chi connectivity index (χ0v) is 17.6. The van der Waals surface area contributed by atoms with Crippen molar-refractivity contribution in [3.8, 4) is 16.3 Å². The number of rotatable bonds is 6. The van der Waals surface area contributed by atoms with Gasteiger partial charge in [0.2, 0.25) is 11.0 Å². The highest BCUT2D eigenvalue weighted by Crippen LogP contribution is 2.29. The second kappa shape index (κ2) is 8.52. The molecule has 1 saturated heterocycles. The number of amides is 1. The van der Waals surface area contributed by atoms with Crippen molar-refractivity contribution in [2.45, 2.75) is 12.8 Å². The van der Waals surface area contributed by atoms with E-state index in [0.29, 0.717) is 29.5 Å². The van der Waals surface area contributed by atoms with E-state index in [9.17, 15) is 13.2 Å². The zero-order valence-electron chi connectivity index (χ0n) is 16.0. The van der Waals surface area contributed by atoms with Crippen molar-refractivity contribution in [3.63, 3.8) is 0 Å². The molecule has 0 saturated carbocycles. The second-order valence-electron chi connectivity index (χ2n) is 6.62. The van der Waals surface area contributed by atoms with Gasteiger partial charge in [-0.3, -0.25) is 4.79 Å². The van der Waals surface area contributed by atoms with Crippen LogP contribution in [0.1, 0.15) is 12.8 Å².